The molecule has 0 saturated carbocycles. The number of nitrogens with one attached hydrogen (secondary N) is 2. The Kier molecular flexibility index (Phi) is 7.91. The Hall–Kier alpha value is -0.170. The first kappa shape index (κ1) is 15.8. The molecule has 0 spiro atoms. The molecule has 16 heavy (non-hydrogen) atoms. The standard InChI is InChI=1S/C6H15NO2S.C4H10N2/c1-6(2)5-7(3)10(4,8)9;1-2-6-4-3-5-1/h6H,5H2,1-4H3;5-6H,1-4H2. The van der Waals surface area contributed by atoms with E-state index in [1.807, 2.05) is 13.8 Å². The lowest BCUT2D eigenvalue weighted by molar-refractivity contribution is 0.420. The van der Waals surface area contributed by atoms with Crippen molar-refractivity contribution in [2.45, 2.75) is 13.8 Å². The van der Waals surface area contributed by atoms with Crippen molar-refractivity contribution in [3.63, 3.8) is 0 Å². The van der Waals surface area contributed by atoms with Crippen LogP contribution in [0.15, 0.2) is 0 Å². The zero-order valence-electron chi connectivity index (χ0n) is 10.8. The van der Waals surface area contributed by atoms with Crippen LogP contribution >= 0.6 is 0 Å². The quantitative estimate of drug-likeness (QED) is 0.724. The van der Waals surface area contributed by atoms with Gasteiger partial charge in [0, 0.05) is 39.8 Å². The van der Waals surface area contributed by atoms with E-state index in [1.165, 1.54) is 10.6 Å². The Balaban J connectivity index is 0.000000315. The second-order valence-electron chi connectivity index (χ2n) is 4.44. The summed E-state index contributed by atoms with van der Waals surface area (Å²) in [6, 6.07) is 0. The first-order valence-electron chi connectivity index (χ1n) is 5.66. The number of piperazine rings is 1. The van der Waals surface area contributed by atoms with E-state index in [9.17, 15) is 8.42 Å². The molecule has 1 saturated heterocycles. The van der Waals surface area contributed by atoms with E-state index >= 15 is 0 Å². The summed E-state index contributed by atoms with van der Waals surface area (Å²) in [5.41, 5.74) is 0. The summed E-state index contributed by atoms with van der Waals surface area (Å²) >= 11 is 0. The van der Waals surface area contributed by atoms with Crippen LogP contribution in [0.1, 0.15) is 13.8 Å². The van der Waals surface area contributed by atoms with Crippen LogP contribution in [0.3, 0.4) is 0 Å². The van der Waals surface area contributed by atoms with Crippen molar-refractivity contribution in [1.29, 1.82) is 0 Å². The SMILES string of the molecule is C1CNCCN1.CC(C)CN(C)S(C)(=O)=O. The average molecular weight is 251 g/mol. The highest BCUT2D eigenvalue weighted by molar-refractivity contribution is 7.88. The van der Waals surface area contributed by atoms with E-state index in [1.54, 1.807) is 7.05 Å². The fraction of sp³-hybridized carbons (Fsp3) is 1.00. The third-order valence-corrected chi connectivity index (χ3v) is 3.43. The molecule has 1 fully saturated rings. The van der Waals surface area contributed by atoms with Crippen LogP contribution in [-0.4, -0.2) is 58.8 Å². The maximum atomic E-state index is 10.8. The molecule has 0 atom stereocenters. The Bertz CT molecular complexity index is 250. The minimum Gasteiger partial charge on any atom is -0.314 e. The molecule has 0 amide bonds. The summed E-state index contributed by atoms with van der Waals surface area (Å²) in [7, 11) is -1.37. The van der Waals surface area contributed by atoms with Gasteiger partial charge in [-0.15, -0.1) is 0 Å². The van der Waals surface area contributed by atoms with Crippen LogP contribution in [0, 0.1) is 5.92 Å². The van der Waals surface area contributed by atoms with Gasteiger partial charge in [-0.2, -0.15) is 0 Å². The van der Waals surface area contributed by atoms with Gasteiger partial charge < -0.3 is 10.6 Å². The molecule has 0 radical (unpaired) electrons. The van der Waals surface area contributed by atoms with E-state index in [4.69, 9.17) is 0 Å². The number of sulfonamides is 1. The third kappa shape index (κ3) is 9.08. The van der Waals surface area contributed by atoms with Crippen molar-refractivity contribution < 1.29 is 8.42 Å². The highest BCUT2D eigenvalue weighted by atomic mass is 32.2. The molecule has 98 valence electrons. The summed E-state index contributed by atoms with van der Waals surface area (Å²) in [6.07, 6.45) is 1.22. The Labute approximate surface area is 99.6 Å². The summed E-state index contributed by atoms with van der Waals surface area (Å²) in [5.74, 6) is 0.389. The van der Waals surface area contributed by atoms with Crippen molar-refractivity contribution in [1.82, 2.24) is 14.9 Å². The molecule has 0 bridgehead atoms. The molecule has 1 heterocycles. The lowest BCUT2D eigenvalue weighted by atomic mass is 10.2. The maximum absolute atomic E-state index is 10.8. The van der Waals surface area contributed by atoms with E-state index < -0.39 is 10.0 Å². The van der Waals surface area contributed by atoms with Gasteiger partial charge in [-0.25, -0.2) is 12.7 Å². The topological polar surface area (TPSA) is 61.4 Å². The van der Waals surface area contributed by atoms with E-state index in [-0.39, 0.29) is 0 Å². The van der Waals surface area contributed by atoms with Crippen molar-refractivity contribution in [3.8, 4) is 0 Å². The van der Waals surface area contributed by atoms with Crippen LogP contribution in [0.4, 0.5) is 0 Å². The van der Waals surface area contributed by atoms with Gasteiger partial charge >= 0.3 is 0 Å². The highest BCUT2D eigenvalue weighted by Gasteiger charge is 2.11. The van der Waals surface area contributed by atoms with Crippen molar-refractivity contribution in [3.05, 3.63) is 0 Å². The van der Waals surface area contributed by atoms with Crippen LogP contribution < -0.4 is 10.6 Å². The number of rotatable bonds is 3. The van der Waals surface area contributed by atoms with Gasteiger partial charge in [0.05, 0.1) is 6.26 Å². The van der Waals surface area contributed by atoms with Gasteiger partial charge in [0.2, 0.25) is 10.0 Å². The second-order valence-corrected chi connectivity index (χ2v) is 6.53. The normalized spacial score (nSPS) is 17.1. The van der Waals surface area contributed by atoms with Crippen LogP contribution in [0.5, 0.6) is 0 Å². The zero-order chi connectivity index (χ0) is 12.6. The monoisotopic (exact) mass is 251 g/mol. The van der Waals surface area contributed by atoms with Crippen LogP contribution in [-0.2, 0) is 10.0 Å². The second kappa shape index (κ2) is 8.00. The first-order valence-corrected chi connectivity index (χ1v) is 7.51. The molecule has 0 aromatic carbocycles. The smallest absolute Gasteiger partial charge is 0.210 e. The third-order valence-electron chi connectivity index (χ3n) is 2.15. The van der Waals surface area contributed by atoms with Gasteiger partial charge in [-0.1, -0.05) is 13.8 Å². The van der Waals surface area contributed by atoms with Gasteiger partial charge in [0.25, 0.3) is 0 Å². The van der Waals surface area contributed by atoms with E-state index in [2.05, 4.69) is 10.6 Å². The van der Waals surface area contributed by atoms with E-state index in [0.717, 1.165) is 26.2 Å². The molecule has 0 aliphatic carbocycles. The largest absolute Gasteiger partial charge is 0.314 e. The molecular weight excluding hydrogens is 226 g/mol. The van der Waals surface area contributed by atoms with Crippen LogP contribution in [0.25, 0.3) is 0 Å². The molecular formula is C10H25N3O2S. The van der Waals surface area contributed by atoms with Crippen molar-refractivity contribution in [2.24, 2.45) is 5.92 Å². The van der Waals surface area contributed by atoms with Crippen molar-refractivity contribution in [2.75, 3.05) is 46.0 Å². The fourth-order valence-corrected chi connectivity index (χ4v) is 1.82. The lowest BCUT2D eigenvalue weighted by Gasteiger charge is -2.15. The molecule has 2 N–H and O–H groups in total. The molecule has 0 aromatic heterocycles. The Morgan fingerprint density at radius 2 is 1.50 bits per heavy atom. The summed E-state index contributed by atoms with van der Waals surface area (Å²) in [6.45, 7) is 9.13. The Morgan fingerprint density at radius 1 is 1.12 bits per heavy atom. The average Bonchev–Trinajstić information content (AvgIpc) is 2.19. The fourth-order valence-electron chi connectivity index (χ4n) is 1.25. The highest BCUT2D eigenvalue weighted by Crippen LogP contribution is 1.99. The molecule has 1 rings (SSSR count). The minimum atomic E-state index is -2.96. The van der Waals surface area contributed by atoms with Crippen LogP contribution in [0.2, 0.25) is 0 Å². The zero-order valence-corrected chi connectivity index (χ0v) is 11.6. The van der Waals surface area contributed by atoms with Gasteiger partial charge in [-0.05, 0) is 5.92 Å². The summed E-state index contributed by atoms with van der Waals surface area (Å²) in [5, 5.41) is 6.44. The summed E-state index contributed by atoms with van der Waals surface area (Å²) in [4.78, 5) is 0. The first-order chi connectivity index (χ1) is 7.34. The minimum absolute atomic E-state index is 0.389. The molecule has 0 aromatic rings. The van der Waals surface area contributed by atoms with Gasteiger partial charge in [-0.3, -0.25) is 0 Å². The number of hydrogen-bond donors (Lipinski definition) is 2. The summed E-state index contributed by atoms with van der Waals surface area (Å²) < 4.78 is 22.9. The number of hydrogen-bond acceptors (Lipinski definition) is 4. The van der Waals surface area contributed by atoms with Gasteiger partial charge in [0.1, 0.15) is 0 Å². The molecule has 6 heteroatoms. The molecule has 1 aliphatic heterocycles. The molecule has 5 nitrogen and oxygen atoms in total. The predicted molar refractivity (Wildman–Crippen MR) is 68.1 cm³/mol. The maximum Gasteiger partial charge on any atom is 0.210 e. The molecule has 0 unspecified atom stereocenters. The Morgan fingerprint density at radius 3 is 1.62 bits per heavy atom. The lowest BCUT2D eigenvalue weighted by Crippen LogP contribution is -2.39. The number of nitrogens with zero attached hydrogens (tertiary/aromatic N) is 1. The molecule has 1 aliphatic rings. The van der Waals surface area contributed by atoms with E-state index in [0.29, 0.717) is 12.5 Å². The predicted octanol–water partition coefficient (Wildman–Crippen LogP) is -0.287. The van der Waals surface area contributed by atoms with Gasteiger partial charge in [0.15, 0.2) is 0 Å². The van der Waals surface area contributed by atoms with Crippen molar-refractivity contribution >= 4 is 10.0 Å².